The van der Waals surface area contributed by atoms with E-state index in [0.717, 1.165) is 42.8 Å². The number of benzene rings is 1. The maximum Gasteiger partial charge on any atom is 0.191 e. The number of rotatable bonds is 7. The molecule has 0 radical (unpaired) electrons. The summed E-state index contributed by atoms with van der Waals surface area (Å²) in [7, 11) is 1.79. The molecule has 0 amide bonds. The van der Waals surface area contributed by atoms with Gasteiger partial charge in [0.2, 0.25) is 0 Å². The molecule has 3 atom stereocenters. The number of morpholine rings is 1. The van der Waals surface area contributed by atoms with Crippen LogP contribution in [0.3, 0.4) is 0 Å². The van der Waals surface area contributed by atoms with E-state index in [1.54, 1.807) is 13.2 Å². The normalized spacial score (nSPS) is 20.3. The summed E-state index contributed by atoms with van der Waals surface area (Å²) in [6.45, 7) is 8.49. The molecule has 1 saturated heterocycles. The van der Waals surface area contributed by atoms with Gasteiger partial charge in [0.05, 0.1) is 19.3 Å². The minimum absolute atomic E-state index is 0.0394. The Kier molecular flexibility index (Phi) is 7.91. The molecule has 2 aromatic rings. The summed E-state index contributed by atoms with van der Waals surface area (Å²) < 4.78 is 7.49. The maximum absolute atomic E-state index is 6.06. The molecule has 1 aliphatic rings. The number of aromatic nitrogens is 2. The Labute approximate surface area is 178 Å². The van der Waals surface area contributed by atoms with Gasteiger partial charge in [0.15, 0.2) is 5.96 Å². The molecule has 0 saturated carbocycles. The van der Waals surface area contributed by atoms with Gasteiger partial charge in [-0.15, -0.1) is 0 Å². The highest BCUT2D eigenvalue weighted by atomic mass is 35.5. The van der Waals surface area contributed by atoms with Gasteiger partial charge in [0.25, 0.3) is 0 Å². The van der Waals surface area contributed by atoms with E-state index in [9.17, 15) is 0 Å². The molecule has 29 heavy (non-hydrogen) atoms. The highest BCUT2D eigenvalue weighted by molar-refractivity contribution is 6.30. The van der Waals surface area contributed by atoms with Gasteiger partial charge in [0.1, 0.15) is 0 Å². The molecule has 8 heteroatoms. The second-order valence-electron chi connectivity index (χ2n) is 7.40. The van der Waals surface area contributed by atoms with Crippen molar-refractivity contribution in [2.24, 2.45) is 4.99 Å². The van der Waals surface area contributed by atoms with Gasteiger partial charge in [-0.3, -0.25) is 14.6 Å². The van der Waals surface area contributed by atoms with Crippen LogP contribution in [0.2, 0.25) is 5.02 Å². The summed E-state index contributed by atoms with van der Waals surface area (Å²) in [5, 5.41) is 12.1. The molecule has 0 spiro atoms. The third kappa shape index (κ3) is 5.95. The predicted molar refractivity (Wildman–Crippen MR) is 118 cm³/mol. The van der Waals surface area contributed by atoms with Gasteiger partial charge in [-0.1, -0.05) is 23.7 Å². The standard InChI is InChI=1S/C21H31ClN6O/c1-16(27-11-12-29-15-17(27)2)13-24-21(23-3)25-14-20(28-10-4-9-26-28)18-5-7-19(22)8-6-18/h4-10,16-17,20H,11-15H2,1-3H3,(H2,23,24,25). The van der Waals surface area contributed by atoms with E-state index in [0.29, 0.717) is 18.6 Å². The summed E-state index contributed by atoms with van der Waals surface area (Å²) >= 11 is 6.06. The summed E-state index contributed by atoms with van der Waals surface area (Å²) in [5.41, 5.74) is 1.14. The van der Waals surface area contributed by atoms with Crippen LogP contribution in [-0.2, 0) is 4.74 Å². The molecule has 1 fully saturated rings. The predicted octanol–water partition coefficient (Wildman–Crippen LogP) is 2.40. The van der Waals surface area contributed by atoms with Crippen LogP contribution in [0, 0.1) is 0 Å². The van der Waals surface area contributed by atoms with E-state index in [1.807, 2.05) is 41.2 Å². The largest absolute Gasteiger partial charge is 0.379 e. The number of halogens is 1. The molecule has 7 nitrogen and oxygen atoms in total. The smallest absolute Gasteiger partial charge is 0.191 e. The highest BCUT2D eigenvalue weighted by Crippen LogP contribution is 2.19. The van der Waals surface area contributed by atoms with Crippen LogP contribution in [0.1, 0.15) is 25.5 Å². The van der Waals surface area contributed by atoms with Crippen molar-refractivity contribution in [3.8, 4) is 0 Å². The van der Waals surface area contributed by atoms with Gasteiger partial charge < -0.3 is 15.4 Å². The van der Waals surface area contributed by atoms with Gasteiger partial charge in [-0.2, -0.15) is 5.10 Å². The number of nitrogens with zero attached hydrogens (tertiary/aromatic N) is 4. The minimum atomic E-state index is 0.0394. The van der Waals surface area contributed by atoms with Crippen LogP contribution < -0.4 is 10.6 Å². The van der Waals surface area contributed by atoms with Crippen LogP contribution in [0.5, 0.6) is 0 Å². The fourth-order valence-electron chi connectivity index (χ4n) is 3.68. The number of guanidine groups is 1. The molecule has 1 aromatic carbocycles. The lowest BCUT2D eigenvalue weighted by Crippen LogP contribution is -2.53. The van der Waals surface area contributed by atoms with E-state index in [2.05, 4.69) is 39.5 Å². The first-order valence-electron chi connectivity index (χ1n) is 10.1. The fourth-order valence-corrected chi connectivity index (χ4v) is 3.81. The zero-order chi connectivity index (χ0) is 20.6. The Balaban J connectivity index is 1.58. The Hall–Kier alpha value is -2.09. The Bertz CT molecular complexity index is 764. The molecular formula is C21H31ClN6O. The van der Waals surface area contributed by atoms with Gasteiger partial charge in [-0.05, 0) is 37.6 Å². The molecule has 2 N–H and O–H groups in total. The molecule has 0 aliphatic carbocycles. The van der Waals surface area contributed by atoms with Crippen LogP contribution in [0.15, 0.2) is 47.7 Å². The second kappa shape index (κ2) is 10.6. The van der Waals surface area contributed by atoms with Gasteiger partial charge in [-0.25, -0.2) is 0 Å². The van der Waals surface area contributed by atoms with E-state index in [-0.39, 0.29) is 6.04 Å². The second-order valence-corrected chi connectivity index (χ2v) is 7.83. The number of nitrogens with one attached hydrogen (secondary N) is 2. The Morgan fingerprint density at radius 2 is 2.07 bits per heavy atom. The van der Waals surface area contributed by atoms with E-state index >= 15 is 0 Å². The Morgan fingerprint density at radius 1 is 1.31 bits per heavy atom. The van der Waals surface area contributed by atoms with Crippen molar-refractivity contribution in [2.45, 2.75) is 32.0 Å². The quantitative estimate of drug-likeness (QED) is 0.534. The zero-order valence-electron chi connectivity index (χ0n) is 17.4. The maximum atomic E-state index is 6.06. The fraction of sp³-hybridized carbons (Fsp3) is 0.524. The van der Waals surface area contributed by atoms with Crippen molar-refractivity contribution in [2.75, 3.05) is 39.9 Å². The van der Waals surface area contributed by atoms with E-state index in [4.69, 9.17) is 16.3 Å². The zero-order valence-corrected chi connectivity index (χ0v) is 18.1. The molecule has 1 aromatic heterocycles. The first kappa shape index (κ1) is 21.6. The third-order valence-corrected chi connectivity index (χ3v) is 5.59. The first-order chi connectivity index (χ1) is 14.1. The van der Waals surface area contributed by atoms with Crippen molar-refractivity contribution >= 4 is 17.6 Å². The molecule has 0 bridgehead atoms. The molecule has 2 heterocycles. The highest BCUT2D eigenvalue weighted by Gasteiger charge is 2.23. The van der Waals surface area contributed by atoms with Crippen molar-refractivity contribution in [1.82, 2.24) is 25.3 Å². The lowest BCUT2D eigenvalue weighted by molar-refractivity contribution is -0.0174. The van der Waals surface area contributed by atoms with E-state index < -0.39 is 0 Å². The van der Waals surface area contributed by atoms with Crippen LogP contribution in [0.25, 0.3) is 0 Å². The summed E-state index contributed by atoms with van der Waals surface area (Å²) in [5.74, 6) is 0.781. The van der Waals surface area contributed by atoms with Gasteiger partial charge >= 0.3 is 0 Å². The lowest BCUT2D eigenvalue weighted by atomic mass is 10.1. The SMILES string of the molecule is CN=C(NCC(C)N1CCOCC1C)NCC(c1ccc(Cl)cc1)n1cccn1. The number of aliphatic imine (C=N–C) groups is 1. The lowest BCUT2D eigenvalue weighted by Gasteiger charge is -2.38. The van der Waals surface area contributed by atoms with Crippen LogP contribution in [0.4, 0.5) is 0 Å². The summed E-state index contributed by atoms with van der Waals surface area (Å²) in [6.07, 6.45) is 3.76. The van der Waals surface area contributed by atoms with Crippen molar-refractivity contribution in [3.63, 3.8) is 0 Å². The number of hydrogen-bond acceptors (Lipinski definition) is 4. The third-order valence-electron chi connectivity index (χ3n) is 5.34. The Morgan fingerprint density at radius 3 is 2.72 bits per heavy atom. The van der Waals surface area contributed by atoms with Crippen molar-refractivity contribution in [3.05, 3.63) is 53.3 Å². The molecule has 1 aliphatic heterocycles. The molecule has 3 rings (SSSR count). The molecular weight excluding hydrogens is 388 g/mol. The van der Waals surface area contributed by atoms with Crippen molar-refractivity contribution < 1.29 is 4.74 Å². The number of ether oxygens (including phenoxy) is 1. The minimum Gasteiger partial charge on any atom is -0.379 e. The van der Waals surface area contributed by atoms with Gasteiger partial charge in [0, 0.05) is 56.2 Å². The topological polar surface area (TPSA) is 66.7 Å². The van der Waals surface area contributed by atoms with E-state index in [1.165, 1.54) is 0 Å². The van der Waals surface area contributed by atoms with Crippen molar-refractivity contribution in [1.29, 1.82) is 0 Å². The summed E-state index contributed by atoms with van der Waals surface area (Å²) in [6, 6.07) is 10.7. The number of hydrogen-bond donors (Lipinski definition) is 2. The monoisotopic (exact) mass is 418 g/mol. The summed E-state index contributed by atoms with van der Waals surface area (Å²) in [4.78, 5) is 6.86. The molecule has 158 valence electrons. The average Bonchev–Trinajstić information content (AvgIpc) is 3.26. The average molecular weight is 419 g/mol. The molecule has 3 unspecified atom stereocenters. The van der Waals surface area contributed by atoms with Crippen LogP contribution in [-0.4, -0.2) is 72.6 Å². The first-order valence-corrected chi connectivity index (χ1v) is 10.5. The van der Waals surface area contributed by atoms with Crippen LogP contribution >= 0.6 is 11.6 Å².